The van der Waals surface area contributed by atoms with Crippen LogP contribution in [0.3, 0.4) is 0 Å². The summed E-state index contributed by atoms with van der Waals surface area (Å²) >= 11 is 3.07. The largest absolute Gasteiger partial charge is 0.427 e. The van der Waals surface area contributed by atoms with E-state index < -0.39 is 0 Å². The molecule has 34 valence electrons. The number of hydrogen-bond acceptors (Lipinski definition) is 2. The van der Waals surface area contributed by atoms with E-state index in [1.165, 1.54) is 6.26 Å². The molecule has 0 aliphatic heterocycles. The van der Waals surface area contributed by atoms with Crippen LogP contribution in [0, 0.1) is 11.5 Å². The molecule has 0 atom stereocenters. The first-order valence-corrected chi connectivity index (χ1v) is 2.61. The van der Waals surface area contributed by atoms with Crippen LogP contribution in [0.5, 0.6) is 0 Å². The van der Waals surface area contributed by atoms with E-state index in [4.69, 9.17) is 5.26 Å². The minimum atomic E-state index is 0.469. The summed E-state index contributed by atoms with van der Waals surface area (Å²) in [7, 11) is 0. The molecule has 0 N–H and O–H groups in total. The van der Waals surface area contributed by atoms with Crippen LogP contribution in [-0.2, 0) is 4.74 Å². The molecule has 0 amide bonds. The maximum atomic E-state index is 7.70. The van der Waals surface area contributed by atoms with Crippen LogP contribution in [0.4, 0.5) is 0 Å². The van der Waals surface area contributed by atoms with Crippen molar-refractivity contribution in [2.24, 2.45) is 0 Å². The molecule has 3 heteroatoms. The molecule has 0 aromatic heterocycles. The van der Waals surface area contributed by atoms with Crippen LogP contribution >= 0.6 is 15.9 Å². The quantitative estimate of drug-likeness (QED) is 0.332. The van der Waals surface area contributed by atoms with Gasteiger partial charge in [0.2, 0.25) is 0 Å². The summed E-state index contributed by atoms with van der Waals surface area (Å²) in [6.45, 7) is 0.469. The van der Waals surface area contributed by atoms with E-state index >= 15 is 0 Å². The van der Waals surface area contributed by atoms with E-state index in [2.05, 4.69) is 20.7 Å². The predicted molar refractivity (Wildman–Crippen MR) is 25.4 cm³/mol. The molecule has 0 aromatic rings. The Morgan fingerprint density at radius 2 is 2.50 bits per heavy atom. The van der Waals surface area contributed by atoms with Crippen molar-refractivity contribution in [1.82, 2.24) is 0 Å². The van der Waals surface area contributed by atoms with E-state index in [-0.39, 0.29) is 0 Å². The number of nitrogens with zero attached hydrogens (tertiary/aromatic N) is 1. The summed E-state index contributed by atoms with van der Waals surface area (Å²) in [6.07, 6.45) is 1.54. The van der Waals surface area contributed by atoms with Gasteiger partial charge in [-0.25, -0.2) is 0 Å². The summed E-state index contributed by atoms with van der Waals surface area (Å²) < 4.78 is 4.24. The monoisotopic (exact) mass is 149 g/mol. The van der Waals surface area contributed by atoms with Crippen LogP contribution in [0.2, 0.25) is 0 Å². The molecule has 0 saturated carbocycles. The maximum Gasteiger partial charge on any atom is 0.286 e. The second-order valence-electron chi connectivity index (χ2n) is 0.629. The summed E-state index contributed by atoms with van der Waals surface area (Å²) in [6, 6.07) is 0. The Hall–Kier alpha value is -0.230. The number of rotatable bonds is 2. The van der Waals surface area contributed by atoms with Gasteiger partial charge < -0.3 is 4.74 Å². The van der Waals surface area contributed by atoms with Gasteiger partial charge in [0.15, 0.2) is 0 Å². The lowest BCUT2D eigenvalue weighted by atomic mass is 10.9. The van der Waals surface area contributed by atoms with Gasteiger partial charge in [-0.3, -0.25) is 0 Å². The van der Waals surface area contributed by atoms with Crippen molar-refractivity contribution in [3.8, 4) is 6.26 Å². The molecule has 0 fully saturated rings. The minimum Gasteiger partial charge on any atom is -0.427 e. The van der Waals surface area contributed by atoms with Gasteiger partial charge in [-0.15, -0.1) is 0 Å². The SMILES string of the molecule is N#COCCBr. The Labute approximate surface area is 44.8 Å². The van der Waals surface area contributed by atoms with Gasteiger partial charge in [-0.1, -0.05) is 15.9 Å². The molecule has 0 unspecified atom stereocenters. The van der Waals surface area contributed by atoms with Gasteiger partial charge in [-0.2, -0.15) is 5.26 Å². The fraction of sp³-hybridized carbons (Fsp3) is 0.667. The molecule has 0 heterocycles. The molecule has 0 rings (SSSR count). The van der Waals surface area contributed by atoms with Crippen LogP contribution in [0.1, 0.15) is 0 Å². The smallest absolute Gasteiger partial charge is 0.286 e. The Morgan fingerprint density at radius 3 is 2.67 bits per heavy atom. The topological polar surface area (TPSA) is 33.0 Å². The van der Waals surface area contributed by atoms with E-state index in [1.54, 1.807) is 0 Å². The normalized spacial score (nSPS) is 6.67. The molecule has 0 bridgehead atoms. The lowest BCUT2D eigenvalue weighted by Crippen LogP contribution is -1.84. The summed E-state index contributed by atoms with van der Waals surface area (Å²) in [5, 5.41) is 8.43. The number of alkyl halides is 1. The van der Waals surface area contributed by atoms with E-state index in [9.17, 15) is 0 Å². The van der Waals surface area contributed by atoms with Gasteiger partial charge in [-0.05, 0) is 0 Å². The Morgan fingerprint density at radius 1 is 1.83 bits per heavy atom. The summed E-state index contributed by atoms with van der Waals surface area (Å²) in [5.74, 6) is 0. The molecule has 2 nitrogen and oxygen atoms in total. The van der Waals surface area contributed by atoms with Crippen LogP contribution in [0.15, 0.2) is 0 Å². The van der Waals surface area contributed by atoms with Crippen LogP contribution in [0.25, 0.3) is 0 Å². The standard InChI is InChI=1S/C3H4BrNO/c4-1-2-6-3-5/h1-2H2. The summed E-state index contributed by atoms with van der Waals surface area (Å²) in [5.41, 5.74) is 0. The first kappa shape index (κ1) is 5.77. The first-order chi connectivity index (χ1) is 2.91. The van der Waals surface area contributed by atoms with Gasteiger partial charge in [0.25, 0.3) is 6.26 Å². The second-order valence-corrected chi connectivity index (χ2v) is 1.42. The molecule has 0 aromatic carbocycles. The molecule has 0 saturated heterocycles. The third-order valence-electron chi connectivity index (χ3n) is 0.244. The molecule has 0 spiro atoms. The second kappa shape index (κ2) is 4.77. The highest BCUT2D eigenvalue weighted by molar-refractivity contribution is 9.09. The Balaban J connectivity index is 2.54. The van der Waals surface area contributed by atoms with Crippen molar-refractivity contribution in [3.05, 3.63) is 0 Å². The molecular weight excluding hydrogens is 146 g/mol. The zero-order chi connectivity index (χ0) is 4.83. The van der Waals surface area contributed by atoms with Gasteiger partial charge in [0, 0.05) is 5.33 Å². The van der Waals surface area contributed by atoms with Crippen LogP contribution in [-0.4, -0.2) is 11.9 Å². The third-order valence-corrected chi connectivity index (χ3v) is 0.568. The van der Waals surface area contributed by atoms with E-state index in [0.29, 0.717) is 6.61 Å². The van der Waals surface area contributed by atoms with Crippen molar-refractivity contribution in [3.63, 3.8) is 0 Å². The van der Waals surface area contributed by atoms with Gasteiger partial charge in [0.05, 0.1) is 0 Å². The minimum absolute atomic E-state index is 0.469. The lowest BCUT2D eigenvalue weighted by Gasteiger charge is -1.82. The molecule has 0 aliphatic rings. The highest BCUT2D eigenvalue weighted by atomic mass is 79.9. The van der Waals surface area contributed by atoms with Crippen molar-refractivity contribution < 1.29 is 4.74 Å². The van der Waals surface area contributed by atoms with Gasteiger partial charge >= 0.3 is 0 Å². The number of nitriles is 1. The molecular formula is C3H4BrNO. The predicted octanol–water partition coefficient (Wildman–Crippen LogP) is 0.879. The first-order valence-electron chi connectivity index (χ1n) is 1.48. The molecule has 6 heavy (non-hydrogen) atoms. The van der Waals surface area contributed by atoms with E-state index in [1.807, 2.05) is 0 Å². The fourth-order valence-electron chi connectivity index (χ4n) is 0.0842. The average molecular weight is 150 g/mol. The van der Waals surface area contributed by atoms with Gasteiger partial charge in [0.1, 0.15) is 6.61 Å². The number of hydrogen-bond donors (Lipinski definition) is 0. The molecule has 0 radical (unpaired) electrons. The lowest BCUT2D eigenvalue weighted by molar-refractivity contribution is 0.296. The average Bonchev–Trinajstić information content (AvgIpc) is 1.61. The molecule has 0 aliphatic carbocycles. The third kappa shape index (κ3) is 3.77. The van der Waals surface area contributed by atoms with Crippen molar-refractivity contribution in [2.45, 2.75) is 0 Å². The zero-order valence-electron chi connectivity index (χ0n) is 3.15. The van der Waals surface area contributed by atoms with Crippen molar-refractivity contribution in [2.75, 3.05) is 11.9 Å². The van der Waals surface area contributed by atoms with Crippen molar-refractivity contribution in [1.29, 1.82) is 5.26 Å². The maximum absolute atomic E-state index is 7.70. The zero-order valence-corrected chi connectivity index (χ0v) is 4.73. The highest BCUT2D eigenvalue weighted by Gasteiger charge is 1.73. The number of halogens is 1. The Bertz CT molecular complexity index is 58.3. The summed E-state index contributed by atoms with van der Waals surface area (Å²) in [4.78, 5) is 0. The van der Waals surface area contributed by atoms with E-state index in [0.717, 1.165) is 5.33 Å². The number of ether oxygens (including phenoxy) is 1. The van der Waals surface area contributed by atoms with Crippen LogP contribution < -0.4 is 0 Å². The Kier molecular flexibility index (Phi) is 4.59. The van der Waals surface area contributed by atoms with Crippen molar-refractivity contribution >= 4 is 15.9 Å². The fourth-order valence-corrected chi connectivity index (χ4v) is 0.246. The highest BCUT2D eigenvalue weighted by Crippen LogP contribution is 1.77.